The van der Waals surface area contributed by atoms with Crippen LogP contribution in [-0.4, -0.2) is 14.7 Å². The van der Waals surface area contributed by atoms with E-state index >= 15 is 0 Å². The summed E-state index contributed by atoms with van der Waals surface area (Å²) in [5.74, 6) is 0. The topological polar surface area (TPSA) is 72.2 Å². The molecule has 21 heavy (non-hydrogen) atoms. The quantitative estimate of drug-likeness (QED) is 0.830. The van der Waals surface area contributed by atoms with E-state index < -0.39 is 10.0 Å². The minimum Gasteiger partial charge on any atom is -0.326 e. The molecule has 2 aromatic rings. The van der Waals surface area contributed by atoms with Gasteiger partial charge in [0.05, 0.1) is 10.6 Å². The fraction of sp³-hybridized carbons (Fsp3) is 0.200. The molecule has 0 unspecified atom stereocenters. The third-order valence-electron chi connectivity index (χ3n) is 3.13. The van der Waals surface area contributed by atoms with Gasteiger partial charge in [0.25, 0.3) is 10.0 Å². The van der Waals surface area contributed by atoms with Crippen LogP contribution in [0.3, 0.4) is 0 Å². The lowest BCUT2D eigenvalue weighted by molar-refractivity contribution is 0.600. The van der Waals surface area contributed by atoms with E-state index in [1.807, 2.05) is 24.5 Å². The minimum absolute atomic E-state index is 0.265. The molecule has 0 fully saturated rings. The summed E-state index contributed by atoms with van der Waals surface area (Å²) < 4.78 is 27.9. The number of hydrogen-bond donors (Lipinski definition) is 2. The van der Waals surface area contributed by atoms with E-state index in [0.717, 1.165) is 10.5 Å². The number of aryl methyl sites for hydroxylation is 1. The summed E-state index contributed by atoms with van der Waals surface area (Å²) in [7, 11) is -3.63. The Labute approximate surface area is 129 Å². The first-order valence-electron chi connectivity index (χ1n) is 6.43. The van der Waals surface area contributed by atoms with Gasteiger partial charge in [0.15, 0.2) is 0 Å². The highest BCUT2D eigenvalue weighted by Gasteiger charge is 2.18. The molecule has 0 aromatic heterocycles. The van der Waals surface area contributed by atoms with Crippen LogP contribution in [0.25, 0.3) is 0 Å². The first-order valence-corrected chi connectivity index (χ1v) is 9.14. The molecule has 0 heterocycles. The Hall–Kier alpha value is -1.50. The normalized spacial score (nSPS) is 11.4. The van der Waals surface area contributed by atoms with E-state index in [0.29, 0.717) is 17.8 Å². The second-order valence-electron chi connectivity index (χ2n) is 4.61. The summed E-state index contributed by atoms with van der Waals surface area (Å²) in [4.78, 5) is 1.15. The van der Waals surface area contributed by atoms with Crippen molar-refractivity contribution in [3.63, 3.8) is 0 Å². The van der Waals surface area contributed by atoms with E-state index in [4.69, 9.17) is 5.73 Å². The van der Waals surface area contributed by atoms with Crippen LogP contribution in [-0.2, 0) is 16.6 Å². The third kappa shape index (κ3) is 3.58. The highest BCUT2D eigenvalue weighted by Crippen LogP contribution is 2.28. The van der Waals surface area contributed by atoms with Gasteiger partial charge in [-0.05, 0) is 42.5 Å². The SMILES string of the molecule is CSc1ccccc1NS(=O)(=O)c1cc(CN)ccc1C. The lowest BCUT2D eigenvalue weighted by Crippen LogP contribution is -2.15. The Morgan fingerprint density at radius 3 is 2.57 bits per heavy atom. The number of benzene rings is 2. The molecule has 0 amide bonds. The monoisotopic (exact) mass is 322 g/mol. The van der Waals surface area contributed by atoms with Crippen LogP contribution in [0.15, 0.2) is 52.3 Å². The molecule has 0 radical (unpaired) electrons. The predicted octanol–water partition coefficient (Wildman–Crippen LogP) is 2.98. The van der Waals surface area contributed by atoms with Crippen LogP contribution in [0.5, 0.6) is 0 Å². The van der Waals surface area contributed by atoms with Gasteiger partial charge in [0, 0.05) is 11.4 Å². The van der Waals surface area contributed by atoms with Crippen molar-refractivity contribution in [2.24, 2.45) is 5.73 Å². The number of hydrogen-bond acceptors (Lipinski definition) is 4. The molecule has 0 spiro atoms. The van der Waals surface area contributed by atoms with E-state index in [1.54, 1.807) is 31.2 Å². The van der Waals surface area contributed by atoms with Gasteiger partial charge in [-0.2, -0.15) is 0 Å². The molecular formula is C15H18N2O2S2. The standard InChI is InChI=1S/C15H18N2O2S2/c1-11-7-8-12(10-16)9-15(11)21(18,19)17-13-5-3-4-6-14(13)20-2/h3-9,17H,10,16H2,1-2H3. The average molecular weight is 322 g/mol. The lowest BCUT2D eigenvalue weighted by Gasteiger charge is -2.13. The van der Waals surface area contributed by atoms with Crippen molar-refractivity contribution in [3.8, 4) is 0 Å². The second kappa shape index (κ2) is 6.51. The van der Waals surface area contributed by atoms with E-state index in [9.17, 15) is 8.42 Å². The van der Waals surface area contributed by atoms with Crippen molar-refractivity contribution >= 4 is 27.5 Å². The first kappa shape index (κ1) is 15.9. The summed E-state index contributed by atoms with van der Waals surface area (Å²) in [5.41, 5.74) is 7.66. The van der Waals surface area contributed by atoms with Gasteiger partial charge >= 0.3 is 0 Å². The highest BCUT2D eigenvalue weighted by atomic mass is 32.2. The number of rotatable bonds is 5. The van der Waals surface area contributed by atoms with Crippen molar-refractivity contribution in [1.82, 2.24) is 0 Å². The molecule has 2 rings (SSSR count). The van der Waals surface area contributed by atoms with Gasteiger partial charge in [-0.15, -0.1) is 11.8 Å². The van der Waals surface area contributed by atoms with Crippen LogP contribution in [0.4, 0.5) is 5.69 Å². The molecule has 0 saturated heterocycles. The maximum atomic E-state index is 12.6. The number of thioether (sulfide) groups is 1. The molecule has 3 N–H and O–H groups in total. The van der Waals surface area contributed by atoms with E-state index in [-0.39, 0.29) is 4.90 Å². The molecule has 0 saturated carbocycles. The zero-order chi connectivity index (χ0) is 15.5. The number of anilines is 1. The van der Waals surface area contributed by atoms with Crippen LogP contribution in [0.1, 0.15) is 11.1 Å². The molecule has 2 aromatic carbocycles. The number of nitrogens with two attached hydrogens (primary N) is 1. The van der Waals surface area contributed by atoms with Crippen molar-refractivity contribution in [3.05, 3.63) is 53.6 Å². The van der Waals surface area contributed by atoms with Gasteiger partial charge in [0.1, 0.15) is 0 Å². The van der Waals surface area contributed by atoms with Gasteiger partial charge in [-0.1, -0.05) is 24.3 Å². The van der Waals surface area contributed by atoms with Gasteiger partial charge < -0.3 is 5.73 Å². The summed E-state index contributed by atoms with van der Waals surface area (Å²) in [6.07, 6.45) is 1.91. The van der Waals surface area contributed by atoms with Gasteiger partial charge in [0.2, 0.25) is 0 Å². The Balaban J connectivity index is 2.43. The fourth-order valence-electron chi connectivity index (χ4n) is 1.99. The predicted molar refractivity (Wildman–Crippen MR) is 88.1 cm³/mol. The molecule has 0 atom stereocenters. The zero-order valence-electron chi connectivity index (χ0n) is 12.0. The Bertz CT molecular complexity index is 743. The van der Waals surface area contributed by atoms with Crippen molar-refractivity contribution in [2.45, 2.75) is 23.3 Å². The number of para-hydroxylation sites is 1. The molecule has 0 aliphatic heterocycles. The summed E-state index contributed by atoms with van der Waals surface area (Å²) in [6, 6.07) is 12.6. The molecule has 0 bridgehead atoms. The van der Waals surface area contributed by atoms with Crippen LogP contribution < -0.4 is 10.5 Å². The maximum Gasteiger partial charge on any atom is 0.262 e. The van der Waals surface area contributed by atoms with Crippen molar-refractivity contribution < 1.29 is 8.42 Å². The first-order chi connectivity index (χ1) is 9.97. The van der Waals surface area contributed by atoms with Crippen LogP contribution in [0, 0.1) is 6.92 Å². The summed E-state index contributed by atoms with van der Waals surface area (Å²) in [5, 5.41) is 0. The van der Waals surface area contributed by atoms with Gasteiger partial charge in [-0.25, -0.2) is 8.42 Å². The van der Waals surface area contributed by atoms with Crippen molar-refractivity contribution in [1.29, 1.82) is 0 Å². The van der Waals surface area contributed by atoms with Crippen molar-refractivity contribution in [2.75, 3.05) is 11.0 Å². The smallest absolute Gasteiger partial charge is 0.262 e. The second-order valence-corrected chi connectivity index (χ2v) is 7.11. The lowest BCUT2D eigenvalue weighted by atomic mass is 10.1. The average Bonchev–Trinajstić information content (AvgIpc) is 2.47. The molecule has 0 aliphatic carbocycles. The highest BCUT2D eigenvalue weighted by molar-refractivity contribution is 7.99. The Morgan fingerprint density at radius 1 is 1.19 bits per heavy atom. The Morgan fingerprint density at radius 2 is 1.90 bits per heavy atom. The maximum absolute atomic E-state index is 12.6. The Kier molecular flexibility index (Phi) is 4.92. The van der Waals surface area contributed by atoms with E-state index in [1.165, 1.54) is 11.8 Å². The molecular weight excluding hydrogens is 304 g/mol. The number of sulfonamides is 1. The molecule has 112 valence electrons. The van der Waals surface area contributed by atoms with Gasteiger partial charge in [-0.3, -0.25) is 4.72 Å². The summed E-state index contributed by atoms with van der Waals surface area (Å²) >= 11 is 1.50. The zero-order valence-corrected chi connectivity index (χ0v) is 13.6. The van der Waals surface area contributed by atoms with Crippen LogP contribution >= 0.6 is 11.8 Å². The van der Waals surface area contributed by atoms with E-state index in [2.05, 4.69) is 4.72 Å². The largest absolute Gasteiger partial charge is 0.326 e. The minimum atomic E-state index is -3.63. The summed E-state index contributed by atoms with van der Waals surface area (Å²) in [6.45, 7) is 2.08. The molecule has 4 nitrogen and oxygen atoms in total. The molecule has 0 aliphatic rings. The molecule has 6 heteroatoms. The number of nitrogens with one attached hydrogen (secondary N) is 1. The third-order valence-corrected chi connectivity index (χ3v) is 5.43. The van der Waals surface area contributed by atoms with Crippen LogP contribution in [0.2, 0.25) is 0 Å². The fourth-order valence-corrected chi connectivity index (χ4v) is 3.98.